The Balaban J connectivity index is 1.91. The summed E-state index contributed by atoms with van der Waals surface area (Å²) in [5.41, 5.74) is 5.78. The number of aryl methyl sites for hydroxylation is 2. The van der Waals surface area contributed by atoms with E-state index in [2.05, 4.69) is 34.4 Å². The summed E-state index contributed by atoms with van der Waals surface area (Å²) in [5, 5.41) is 9.61. The van der Waals surface area contributed by atoms with Crippen molar-refractivity contribution in [3.05, 3.63) is 52.8 Å². The number of halogens is 1. The Morgan fingerprint density at radius 1 is 1.00 bits per heavy atom. The fraction of sp³-hybridized carbons (Fsp3) is 0.400. The molecule has 1 atom stereocenters. The van der Waals surface area contributed by atoms with Crippen molar-refractivity contribution in [1.29, 1.82) is 0 Å². The lowest BCUT2D eigenvalue weighted by Gasteiger charge is -2.27. The molecule has 2 aromatic rings. The summed E-state index contributed by atoms with van der Waals surface area (Å²) in [4.78, 5) is 0. The van der Waals surface area contributed by atoms with Crippen molar-refractivity contribution in [2.24, 2.45) is 0 Å². The van der Waals surface area contributed by atoms with Gasteiger partial charge in [-0.05, 0) is 91.1 Å². The van der Waals surface area contributed by atoms with Gasteiger partial charge in [0.25, 0.3) is 0 Å². The Kier molecular flexibility index (Phi) is 4.73. The molecule has 0 heterocycles. The van der Waals surface area contributed by atoms with E-state index < -0.39 is 5.82 Å². The molecular weight excluding hydrogens is 306 g/mol. The lowest BCUT2D eigenvalue weighted by atomic mass is 9.82. The molecule has 1 nitrogen and oxygen atoms in total. The van der Waals surface area contributed by atoms with Crippen LogP contribution < -0.4 is 0 Å². The first-order valence-electron chi connectivity index (χ1n) is 8.31. The van der Waals surface area contributed by atoms with Crippen molar-refractivity contribution in [2.75, 3.05) is 0 Å². The van der Waals surface area contributed by atoms with Crippen LogP contribution in [0.1, 0.15) is 48.3 Å². The van der Waals surface area contributed by atoms with E-state index in [0.29, 0.717) is 11.5 Å². The van der Waals surface area contributed by atoms with Crippen molar-refractivity contribution in [1.82, 2.24) is 0 Å². The molecule has 1 aliphatic carbocycles. The minimum absolute atomic E-state index is 0.253. The normalized spacial score (nSPS) is 21.4. The monoisotopic (exact) mass is 330 g/mol. The number of hydrogen-bond acceptors (Lipinski definition) is 1. The third-order valence-corrected chi connectivity index (χ3v) is 5.73. The number of phenols is 1. The maximum atomic E-state index is 13.8. The first-order chi connectivity index (χ1) is 11.0. The minimum Gasteiger partial charge on any atom is -0.505 e. The van der Waals surface area contributed by atoms with E-state index in [1.807, 2.05) is 6.07 Å². The molecule has 0 spiro atoms. The molecule has 1 saturated carbocycles. The molecule has 23 heavy (non-hydrogen) atoms. The van der Waals surface area contributed by atoms with Crippen molar-refractivity contribution >= 4 is 9.24 Å². The summed E-state index contributed by atoms with van der Waals surface area (Å²) < 4.78 is 13.8. The van der Waals surface area contributed by atoms with Crippen LogP contribution in [-0.4, -0.2) is 10.8 Å². The van der Waals surface area contributed by atoms with Crippen molar-refractivity contribution < 1.29 is 9.50 Å². The summed E-state index contributed by atoms with van der Waals surface area (Å²) in [5.74, 6) is -0.155. The van der Waals surface area contributed by atoms with Gasteiger partial charge in [0.05, 0.1) is 0 Å². The van der Waals surface area contributed by atoms with Gasteiger partial charge in [0.2, 0.25) is 0 Å². The highest BCUT2D eigenvalue weighted by Crippen LogP contribution is 2.38. The van der Waals surface area contributed by atoms with E-state index in [1.165, 1.54) is 42.9 Å². The molecule has 1 fully saturated rings. The third-order valence-electron chi connectivity index (χ3n) is 5.06. The molecule has 0 aliphatic heterocycles. The van der Waals surface area contributed by atoms with Gasteiger partial charge in [-0.3, -0.25) is 0 Å². The second-order valence-corrected chi connectivity index (χ2v) is 7.75. The fourth-order valence-electron chi connectivity index (χ4n) is 3.61. The van der Waals surface area contributed by atoms with Crippen LogP contribution in [0.3, 0.4) is 0 Å². The summed E-state index contributed by atoms with van der Waals surface area (Å²) in [7, 11) is 2.95. The van der Waals surface area contributed by atoms with E-state index in [-0.39, 0.29) is 5.75 Å². The molecule has 0 aromatic heterocycles. The topological polar surface area (TPSA) is 20.2 Å². The minimum atomic E-state index is -0.553. The lowest BCUT2D eigenvalue weighted by Crippen LogP contribution is -2.12. The zero-order valence-corrected chi connectivity index (χ0v) is 14.9. The Labute approximate surface area is 140 Å². The zero-order chi connectivity index (χ0) is 16.6. The van der Waals surface area contributed by atoms with Crippen molar-refractivity contribution in [2.45, 2.75) is 51.1 Å². The molecule has 3 heteroatoms. The smallest absolute Gasteiger partial charge is 0.165 e. The van der Waals surface area contributed by atoms with Crippen molar-refractivity contribution in [3.8, 4) is 16.9 Å². The Hall–Kier alpha value is -1.40. The van der Waals surface area contributed by atoms with Gasteiger partial charge in [-0.1, -0.05) is 18.2 Å². The Morgan fingerprint density at radius 3 is 2.30 bits per heavy atom. The molecule has 0 radical (unpaired) electrons. The van der Waals surface area contributed by atoms with Crippen LogP contribution in [0.25, 0.3) is 11.1 Å². The predicted octanol–water partition coefficient (Wildman–Crippen LogP) is 5.72. The van der Waals surface area contributed by atoms with Crippen LogP contribution >= 0.6 is 9.24 Å². The summed E-state index contributed by atoms with van der Waals surface area (Å²) in [6.45, 7) is 3.81. The van der Waals surface area contributed by atoms with Crippen LogP contribution in [0.15, 0.2) is 30.3 Å². The molecule has 2 aromatic carbocycles. The predicted molar refractivity (Wildman–Crippen MR) is 97.7 cm³/mol. The van der Waals surface area contributed by atoms with Crippen LogP contribution in [0.5, 0.6) is 5.75 Å². The molecule has 0 bridgehead atoms. The fourth-order valence-corrected chi connectivity index (χ4v) is 3.99. The van der Waals surface area contributed by atoms with Gasteiger partial charge < -0.3 is 5.11 Å². The molecule has 0 amide bonds. The summed E-state index contributed by atoms with van der Waals surface area (Å²) in [6.07, 6.45) is 5.05. The molecular formula is C20H24FOP. The maximum Gasteiger partial charge on any atom is 0.165 e. The number of benzene rings is 2. The largest absolute Gasteiger partial charge is 0.505 e. The Morgan fingerprint density at radius 2 is 1.70 bits per heavy atom. The quantitative estimate of drug-likeness (QED) is 0.699. The number of aromatic hydroxyl groups is 1. The van der Waals surface area contributed by atoms with E-state index in [9.17, 15) is 9.50 Å². The molecule has 0 saturated heterocycles. The van der Waals surface area contributed by atoms with Gasteiger partial charge in [-0.15, -0.1) is 9.24 Å². The lowest BCUT2D eigenvalue weighted by molar-refractivity contribution is 0.429. The maximum absolute atomic E-state index is 13.8. The Bertz CT molecular complexity index is 695. The van der Waals surface area contributed by atoms with E-state index in [0.717, 1.165) is 16.8 Å². The van der Waals surface area contributed by atoms with Crippen LogP contribution in [0.2, 0.25) is 0 Å². The van der Waals surface area contributed by atoms with E-state index in [4.69, 9.17) is 0 Å². The average Bonchev–Trinajstić information content (AvgIpc) is 2.53. The average molecular weight is 330 g/mol. The van der Waals surface area contributed by atoms with Crippen molar-refractivity contribution in [3.63, 3.8) is 0 Å². The number of phenolic OH excluding ortho intramolecular Hbond substituents is 1. The van der Waals surface area contributed by atoms with Crippen LogP contribution in [0.4, 0.5) is 4.39 Å². The molecule has 1 N–H and O–H groups in total. The first kappa shape index (κ1) is 16.5. The molecule has 1 aliphatic rings. The van der Waals surface area contributed by atoms with E-state index >= 15 is 0 Å². The van der Waals surface area contributed by atoms with E-state index in [1.54, 1.807) is 6.92 Å². The highest BCUT2D eigenvalue weighted by molar-refractivity contribution is 7.17. The molecule has 122 valence electrons. The zero-order valence-electron chi connectivity index (χ0n) is 13.8. The van der Waals surface area contributed by atoms with Gasteiger partial charge in [-0.2, -0.15) is 0 Å². The molecule has 1 unspecified atom stereocenters. The van der Waals surface area contributed by atoms with Gasteiger partial charge in [0.15, 0.2) is 11.6 Å². The first-order valence-corrected chi connectivity index (χ1v) is 8.98. The second kappa shape index (κ2) is 6.61. The van der Waals surface area contributed by atoms with Gasteiger partial charge in [0, 0.05) is 0 Å². The van der Waals surface area contributed by atoms with Gasteiger partial charge >= 0.3 is 0 Å². The van der Waals surface area contributed by atoms with Gasteiger partial charge in [-0.25, -0.2) is 4.39 Å². The highest BCUT2D eigenvalue weighted by Gasteiger charge is 2.20. The second-order valence-electron chi connectivity index (χ2n) is 6.81. The highest BCUT2D eigenvalue weighted by atomic mass is 31.0. The van der Waals surface area contributed by atoms with Gasteiger partial charge in [0.1, 0.15) is 0 Å². The summed E-state index contributed by atoms with van der Waals surface area (Å²) in [6, 6.07) is 9.81. The third kappa shape index (κ3) is 3.43. The standard InChI is InChI=1S/C20H24FOP/c1-12-9-15(14-3-6-17(23)7-4-14)5-8-18(12)16-10-13(2)20(22)19(21)11-16/h5,8-11,14,17,22H,3-4,6-7,23H2,1-2H3. The SMILES string of the molecule is Cc1cc(C2CCC(P)CC2)ccc1-c1cc(C)c(O)c(F)c1. The number of rotatable bonds is 2. The summed E-state index contributed by atoms with van der Waals surface area (Å²) >= 11 is 0. The van der Waals surface area contributed by atoms with Crippen LogP contribution in [0, 0.1) is 19.7 Å². The van der Waals surface area contributed by atoms with Crippen LogP contribution in [-0.2, 0) is 0 Å². The molecule has 3 rings (SSSR count). The number of hydrogen-bond donors (Lipinski definition) is 1.